The minimum atomic E-state index is 0.676. The third-order valence-corrected chi connectivity index (χ3v) is 6.11. The van der Waals surface area contributed by atoms with Crippen LogP contribution < -0.4 is 5.32 Å². The molecule has 0 amide bonds. The predicted octanol–water partition coefficient (Wildman–Crippen LogP) is 2.71. The zero-order chi connectivity index (χ0) is 14.8. The molecule has 3 aliphatic rings. The highest BCUT2D eigenvalue weighted by molar-refractivity contribution is 7.80. The lowest BCUT2D eigenvalue weighted by molar-refractivity contribution is 0.172. The fourth-order valence-corrected chi connectivity index (χ4v) is 4.62. The second-order valence-electron chi connectivity index (χ2n) is 7.74. The van der Waals surface area contributed by atoms with Crippen molar-refractivity contribution in [1.29, 1.82) is 0 Å². The molecule has 0 spiro atoms. The summed E-state index contributed by atoms with van der Waals surface area (Å²) in [6.45, 7) is 10.4. The van der Waals surface area contributed by atoms with Gasteiger partial charge in [0.25, 0.3) is 0 Å². The van der Waals surface area contributed by atoms with Crippen LogP contribution in [0.4, 0.5) is 0 Å². The molecule has 1 saturated heterocycles. The number of thiocarbonyl (C=S) groups is 1. The van der Waals surface area contributed by atoms with Gasteiger partial charge in [-0.05, 0) is 62.2 Å². The molecular weight excluding hydrogens is 278 g/mol. The van der Waals surface area contributed by atoms with Crippen molar-refractivity contribution in [2.45, 2.75) is 52.0 Å². The molecule has 0 aromatic heterocycles. The molecule has 1 heterocycles. The molecule has 0 aromatic rings. The number of hydrogen-bond acceptors (Lipinski definition) is 2. The van der Waals surface area contributed by atoms with Crippen LogP contribution in [0, 0.1) is 17.8 Å². The van der Waals surface area contributed by atoms with Crippen LogP contribution in [-0.2, 0) is 0 Å². The van der Waals surface area contributed by atoms with Crippen molar-refractivity contribution >= 4 is 17.3 Å². The number of hydrogen-bond donors (Lipinski definition) is 1. The molecule has 3 fully saturated rings. The van der Waals surface area contributed by atoms with Crippen molar-refractivity contribution in [2.24, 2.45) is 17.8 Å². The van der Waals surface area contributed by atoms with Crippen LogP contribution in [0.25, 0.3) is 0 Å². The number of fused-ring (bicyclic) bond motifs is 2. The second-order valence-corrected chi connectivity index (χ2v) is 8.13. The van der Waals surface area contributed by atoms with E-state index in [-0.39, 0.29) is 0 Å². The molecule has 21 heavy (non-hydrogen) atoms. The molecule has 3 nitrogen and oxygen atoms in total. The topological polar surface area (TPSA) is 18.5 Å². The van der Waals surface area contributed by atoms with Crippen LogP contribution in [0.5, 0.6) is 0 Å². The maximum Gasteiger partial charge on any atom is 0.169 e. The lowest BCUT2D eigenvalue weighted by Gasteiger charge is -2.38. The normalized spacial score (nSPS) is 32.9. The molecule has 120 valence electrons. The summed E-state index contributed by atoms with van der Waals surface area (Å²) in [7, 11) is 0. The zero-order valence-electron chi connectivity index (χ0n) is 13.7. The third-order valence-electron chi connectivity index (χ3n) is 5.73. The molecule has 2 saturated carbocycles. The Labute approximate surface area is 135 Å². The number of nitrogens with one attached hydrogen (secondary N) is 1. The molecule has 0 radical (unpaired) electrons. The Balaban J connectivity index is 1.39. The van der Waals surface area contributed by atoms with Crippen LogP contribution in [-0.4, -0.2) is 53.7 Å². The van der Waals surface area contributed by atoms with Crippen molar-refractivity contribution in [2.75, 3.05) is 32.7 Å². The molecule has 0 aromatic carbocycles. The average molecular weight is 310 g/mol. The SMILES string of the molecule is CC(C)CCN1CCN(C(=S)N[C@H]2C[C@H]3CC[C@H]2C3)CC1. The van der Waals surface area contributed by atoms with Gasteiger partial charge in [0, 0.05) is 32.2 Å². The van der Waals surface area contributed by atoms with E-state index in [9.17, 15) is 0 Å². The largest absolute Gasteiger partial charge is 0.360 e. The van der Waals surface area contributed by atoms with E-state index >= 15 is 0 Å². The molecule has 2 aliphatic carbocycles. The Kier molecular flexibility index (Phi) is 5.05. The smallest absolute Gasteiger partial charge is 0.169 e. The summed E-state index contributed by atoms with van der Waals surface area (Å²) in [4.78, 5) is 4.99. The van der Waals surface area contributed by atoms with Crippen LogP contribution in [0.15, 0.2) is 0 Å². The molecule has 3 atom stereocenters. The first kappa shape index (κ1) is 15.5. The van der Waals surface area contributed by atoms with Gasteiger partial charge in [0.1, 0.15) is 0 Å². The van der Waals surface area contributed by atoms with Gasteiger partial charge in [-0.15, -0.1) is 0 Å². The Bertz CT molecular complexity index is 363. The summed E-state index contributed by atoms with van der Waals surface area (Å²) in [6.07, 6.45) is 7.01. The molecule has 4 heteroatoms. The van der Waals surface area contributed by atoms with E-state index in [1.807, 2.05) is 0 Å². The maximum absolute atomic E-state index is 5.67. The lowest BCUT2D eigenvalue weighted by Crippen LogP contribution is -2.54. The fourth-order valence-electron chi connectivity index (χ4n) is 4.29. The zero-order valence-corrected chi connectivity index (χ0v) is 14.5. The van der Waals surface area contributed by atoms with Gasteiger partial charge < -0.3 is 10.2 Å². The number of piperazine rings is 1. The van der Waals surface area contributed by atoms with E-state index in [1.165, 1.54) is 51.7 Å². The van der Waals surface area contributed by atoms with Gasteiger partial charge in [-0.1, -0.05) is 20.3 Å². The summed E-state index contributed by atoms with van der Waals surface area (Å²) in [5, 5.41) is 4.71. The highest BCUT2D eigenvalue weighted by Gasteiger charge is 2.40. The van der Waals surface area contributed by atoms with Gasteiger partial charge in [0.15, 0.2) is 5.11 Å². The lowest BCUT2D eigenvalue weighted by atomic mass is 9.95. The standard InChI is InChI=1S/C17H31N3S/c1-13(2)5-6-19-7-9-20(10-8-19)17(21)18-16-12-14-3-4-15(16)11-14/h13-16H,3-12H2,1-2H3,(H,18,21)/t14-,15-,16-/m0/s1. The Hall–Kier alpha value is -0.350. The first-order valence-corrected chi connectivity index (χ1v) is 9.30. The van der Waals surface area contributed by atoms with Crippen molar-refractivity contribution in [3.05, 3.63) is 0 Å². The predicted molar refractivity (Wildman–Crippen MR) is 92.4 cm³/mol. The average Bonchev–Trinajstić information content (AvgIpc) is 3.08. The van der Waals surface area contributed by atoms with Crippen LogP contribution in [0.2, 0.25) is 0 Å². The molecule has 0 unspecified atom stereocenters. The minimum absolute atomic E-state index is 0.676. The van der Waals surface area contributed by atoms with E-state index in [4.69, 9.17) is 12.2 Å². The molecular formula is C17H31N3S. The van der Waals surface area contributed by atoms with E-state index < -0.39 is 0 Å². The Morgan fingerprint density at radius 1 is 1.14 bits per heavy atom. The molecule has 1 aliphatic heterocycles. The van der Waals surface area contributed by atoms with Gasteiger partial charge in [0.05, 0.1) is 0 Å². The van der Waals surface area contributed by atoms with Crippen LogP contribution >= 0.6 is 12.2 Å². The van der Waals surface area contributed by atoms with E-state index in [1.54, 1.807) is 0 Å². The highest BCUT2D eigenvalue weighted by atomic mass is 32.1. The highest BCUT2D eigenvalue weighted by Crippen LogP contribution is 2.44. The molecule has 3 rings (SSSR count). The van der Waals surface area contributed by atoms with Gasteiger partial charge in [-0.25, -0.2) is 0 Å². The van der Waals surface area contributed by atoms with E-state index in [2.05, 4.69) is 29.0 Å². The third kappa shape index (κ3) is 3.89. The van der Waals surface area contributed by atoms with Gasteiger partial charge in [-0.3, -0.25) is 4.90 Å². The summed E-state index contributed by atoms with van der Waals surface area (Å²) < 4.78 is 0. The van der Waals surface area contributed by atoms with Gasteiger partial charge in [-0.2, -0.15) is 0 Å². The Morgan fingerprint density at radius 2 is 1.90 bits per heavy atom. The van der Waals surface area contributed by atoms with Crippen molar-refractivity contribution in [1.82, 2.24) is 15.1 Å². The number of nitrogens with zero attached hydrogens (tertiary/aromatic N) is 2. The monoisotopic (exact) mass is 309 g/mol. The summed E-state index contributed by atoms with van der Waals surface area (Å²) in [5.41, 5.74) is 0. The minimum Gasteiger partial charge on any atom is -0.360 e. The van der Waals surface area contributed by atoms with Crippen molar-refractivity contribution in [3.8, 4) is 0 Å². The summed E-state index contributed by atoms with van der Waals surface area (Å²) in [5.74, 6) is 2.70. The quantitative estimate of drug-likeness (QED) is 0.805. The van der Waals surface area contributed by atoms with Crippen molar-refractivity contribution in [3.63, 3.8) is 0 Å². The van der Waals surface area contributed by atoms with Crippen molar-refractivity contribution < 1.29 is 0 Å². The fraction of sp³-hybridized carbons (Fsp3) is 0.941. The summed E-state index contributed by atoms with van der Waals surface area (Å²) >= 11 is 5.67. The first-order valence-electron chi connectivity index (χ1n) is 8.89. The van der Waals surface area contributed by atoms with Crippen LogP contribution in [0.1, 0.15) is 46.0 Å². The first-order chi connectivity index (χ1) is 10.1. The molecule has 2 bridgehead atoms. The molecule has 1 N–H and O–H groups in total. The van der Waals surface area contributed by atoms with E-state index in [0.29, 0.717) is 6.04 Å². The number of rotatable bonds is 4. The Morgan fingerprint density at radius 3 is 2.48 bits per heavy atom. The maximum atomic E-state index is 5.67. The van der Waals surface area contributed by atoms with Crippen LogP contribution in [0.3, 0.4) is 0 Å². The second kappa shape index (κ2) is 6.82. The van der Waals surface area contributed by atoms with Gasteiger partial charge >= 0.3 is 0 Å². The summed E-state index contributed by atoms with van der Waals surface area (Å²) in [6, 6.07) is 0.676. The van der Waals surface area contributed by atoms with E-state index in [0.717, 1.165) is 36.0 Å². The van der Waals surface area contributed by atoms with Gasteiger partial charge in [0.2, 0.25) is 0 Å².